The summed E-state index contributed by atoms with van der Waals surface area (Å²) in [6.45, 7) is 13.7. The summed E-state index contributed by atoms with van der Waals surface area (Å²) in [7, 11) is 0. The molecule has 2 aliphatic rings. The Bertz CT molecular complexity index is 1780. The van der Waals surface area contributed by atoms with E-state index in [1.54, 1.807) is 55.4 Å². The smallest absolute Gasteiger partial charge is 0.244 e. The Morgan fingerprint density at radius 1 is 0.455 bits per heavy atom. The molecule has 224 valence electrons. The number of rotatable bonds is 4. The summed E-state index contributed by atoms with van der Waals surface area (Å²) in [6.07, 6.45) is 0. The van der Waals surface area contributed by atoms with Crippen molar-refractivity contribution in [2.45, 2.75) is 55.4 Å². The van der Waals surface area contributed by atoms with Gasteiger partial charge in [0.15, 0.2) is 5.82 Å². The van der Waals surface area contributed by atoms with Gasteiger partial charge in [0.1, 0.15) is 0 Å². The normalized spacial score (nSPS) is 20.2. The number of anilines is 2. The van der Waals surface area contributed by atoms with E-state index < -0.39 is 45.3 Å². The van der Waals surface area contributed by atoms with Gasteiger partial charge in [0, 0.05) is 5.56 Å². The molecule has 3 aromatic carbocycles. The predicted octanol–water partition coefficient (Wildman–Crippen LogP) is 6.21. The first kappa shape index (κ1) is 29.3. The number of nitrogens with zero attached hydrogens (tertiary/aromatic N) is 5. The Morgan fingerprint density at radius 3 is 1.25 bits per heavy atom. The van der Waals surface area contributed by atoms with Gasteiger partial charge in [0.2, 0.25) is 35.5 Å². The highest BCUT2D eigenvalue weighted by Crippen LogP contribution is 2.50. The van der Waals surface area contributed by atoms with Crippen LogP contribution in [0, 0.1) is 21.7 Å². The molecule has 0 atom stereocenters. The van der Waals surface area contributed by atoms with Crippen molar-refractivity contribution >= 4 is 46.3 Å². The Morgan fingerprint density at radius 2 is 0.818 bits per heavy atom. The maximum absolute atomic E-state index is 13.7. The van der Waals surface area contributed by atoms with Crippen LogP contribution in [-0.2, 0) is 19.2 Å². The molecule has 0 unspecified atom stereocenters. The summed E-state index contributed by atoms with van der Waals surface area (Å²) in [6, 6.07) is 21.6. The molecule has 0 spiro atoms. The van der Waals surface area contributed by atoms with Crippen molar-refractivity contribution in [3.8, 4) is 22.5 Å². The highest BCUT2D eigenvalue weighted by Gasteiger charge is 2.62. The molecule has 9 heteroatoms. The molecular formula is C35H35N5O4. The van der Waals surface area contributed by atoms with Crippen LogP contribution in [0.25, 0.3) is 33.3 Å². The summed E-state index contributed by atoms with van der Waals surface area (Å²) in [5, 5.41) is 1.75. The van der Waals surface area contributed by atoms with Crippen LogP contribution in [0.4, 0.5) is 11.9 Å². The minimum atomic E-state index is -1.05. The van der Waals surface area contributed by atoms with Crippen LogP contribution in [0.2, 0.25) is 0 Å². The number of aromatic nitrogens is 3. The van der Waals surface area contributed by atoms with Crippen LogP contribution in [0.5, 0.6) is 0 Å². The van der Waals surface area contributed by atoms with E-state index in [1.807, 2.05) is 66.7 Å². The average Bonchev–Trinajstić information content (AvgIpc) is 3.19. The van der Waals surface area contributed by atoms with E-state index in [2.05, 4.69) is 15.0 Å². The number of amides is 4. The Labute approximate surface area is 256 Å². The number of imide groups is 2. The summed E-state index contributed by atoms with van der Waals surface area (Å²) in [4.78, 5) is 70.7. The fraction of sp³-hybridized carbons (Fsp3) is 0.343. The van der Waals surface area contributed by atoms with Crippen molar-refractivity contribution < 1.29 is 19.2 Å². The molecule has 0 bridgehead atoms. The van der Waals surface area contributed by atoms with Gasteiger partial charge in [0.05, 0.1) is 21.7 Å². The number of carbonyl (C=O) groups is 4. The second-order valence-corrected chi connectivity index (χ2v) is 13.7. The second kappa shape index (κ2) is 9.35. The van der Waals surface area contributed by atoms with Gasteiger partial charge in [0.25, 0.3) is 0 Å². The van der Waals surface area contributed by atoms with Crippen molar-refractivity contribution in [2.75, 3.05) is 9.80 Å². The van der Waals surface area contributed by atoms with Gasteiger partial charge < -0.3 is 0 Å². The molecule has 4 aromatic rings. The fourth-order valence-electron chi connectivity index (χ4n) is 5.77. The third-order valence-electron chi connectivity index (χ3n) is 10.3. The lowest BCUT2D eigenvalue weighted by molar-refractivity contribution is -0.129. The SMILES string of the molecule is CC1(C)C(=O)N(c2nc(-c3ccc(-c4ccccc4)c4ccccc34)nc(N3C(=O)C(C)(C)C(C)(C)C3=O)n2)C(=O)C1(C)C. The van der Waals surface area contributed by atoms with Crippen molar-refractivity contribution in [3.63, 3.8) is 0 Å². The highest BCUT2D eigenvalue weighted by atomic mass is 16.2. The third kappa shape index (κ3) is 3.81. The van der Waals surface area contributed by atoms with E-state index in [1.165, 1.54) is 0 Å². The van der Waals surface area contributed by atoms with E-state index in [0.29, 0.717) is 5.56 Å². The van der Waals surface area contributed by atoms with Gasteiger partial charge in [-0.1, -0.05) is 60.7 Å². The van der Waals surface area contributed by atoms with Crippen LogP contribution in [0.15, 0.2) is 66.7 Å². The topological polar surface area (TPSA) is 113 Å². The van der Waals surface area contributed by atoms with E-state index in [-0.39, 0.29) is 17.7 Å². The summed E-state index contributed by atoms with van der Waals surface area (Å²) >= 11 is 0. The zero-order valence-electron chi connectivity index (χ0n) is 26.2. The molecule has 0 radical (unpaired) electrons. The quantitative estimate of drug-likeness (QED) is 0.260. The van der Waals surface area contributed by atoms with E-state index in [9.17, 15) is 19.2 Å². The lowest BCUT2D eigenvalue weighted by atomic mass is 9.70. The number of hydrogen-bond donors (Lipinski definition) is 0. The van der Waals surface area contributed by atoms with E-state index in [0.717, 1.165) is 31.7 Å². The number of fused-ring (bicyclic) bond motifs is 1. The minimum absolute atomic E-state index is 0.132. The van der Waals surface area contributed by atoms with Gasteiger partial charge in [-0.25, -0.2) is 9.80 Å². The predicted molar refractivity (Wildman–Crippen MR) is 168 cm³/mol. The molecule has 6 rings (SSSR count). The molecule has 1 aromatic heterocycles. The molecule has 0 N–H and O–H groups in total. The van der Waals surface area contributed by atoms with Crippen LogP contribution >= 0.6 is 0 Å². The van der Waals surface area contributed by atoms with Crippen molar-refractivity contribution in [1.82, 2.24) is 15.0 Å². The molecule has 0 saturated carbocycles. The van der Waals surface area contributed by atoms with Crippen molar-refractivity contribution in [1.29, 1.82) is 0 Å². The molecule has 3 heterocycles. The zero-order chi connectivity index (χ0) is 32.0. The number of hydrogen-bond acceptors (Lipinski definition) is 7. The first-order chi connectivity index (χ1) is 20.5. The first-order valence-electron chi connectivity index (χ1n) is 14.6. The monoisotopic (exact) mass is 589 g/mol. The second-order valence-electron chi connectivity index (χ2n) is 13.7. The number of benzene rings is 3. The Balaban J connectivity index is 1.62. The average molecular weight is 590 g/mol. The minimum Gasteiger partial charge on any atom is -0.273 e. The molecular weight excluding hydrogens is 554 g/mol. The summed E-state index contributed by atoms with van der Waals surface area (Å²) in [5.41, 5.74) is -1.58. The molecule has 44 heavy (non-hydrogen) atoms. The first-order valence-corrected chi connectivity index (χ1v) is 14.6. The molecule has 9 nitrogen and oxygen atoms in total. The van der Waals surface area contributed by atoms with Crippen LogP contribution in [0.3, 0.4) is 0 Å². The lowest BCUT2D eigenvalue weighted by Gasteiger charge is -2.28. The molecule has 0 aliphatic carbocycles. The van der Waals surface area contributed by atoms with Gasteiger partial charge in [-0.15, -0.1) is 0 Å². The van der Waals surface area contributed by atoms with Gasteiger partial charge >= 0.3 is 0 Å². The van der Waals surface area contributed by atoms with Crippen LogP contribution in [-0.4, -0.2) is 38.6 Å². The lowest BCUT2D eigenvalue weighted by Crippen LogP contribution is -2.37. The largest absolute Gasteiger partial charge is 0.273 e. The molecule has 2 aliphatic heterocycles. The standard InChI is InChI=1S/C35H35N5O4/c1-32(2)26(41)39(27(42)33(32,3)4)30-36-25(37-31(38-30)40-28(43)34(5,6)35(7,8)29(40)44)24-19-18-21(20-14-10-9-11-15-20)22-16-12-13-17-23(22)24/h9-19H,1-8H3. The Kier molecular flexibility index (Phi) is 6.23. The summed E-state index contributed by atoms with van der Waals surface area (Å²) < 4.78 is 0. The van der Waals surface area contributed by atoms with E-state index in [4.69, 9.17) is 0 Å². The van der Waals surface area contributed by atoms with Crippen LogP contribution < -0.4 is 9.80 Å². The third-order valence-corrected chi connectivity index (χ3v) is 10.3. The fourth-order valence-corrected chi connectivity index (χ4v) is 5.77. The number of carbonyl (C=O) groups excluding carboxylic acids is 4. The maximum Gasteiger partial charge on any atom is 0.244 e. The van der Waals surface area contributed by atoms with Crippen molar-refractivity contribution in [2.24, 2.45) is 21.7 Å². The van der Waals surface area contributed by atoms with E-state index >= 15 is 0 Å². The van der Waals surface area contributed by atoms with Gasteiger partial charge in [-0.05, 0) is 83.4 Å². The van der Waals surface area contributed by atoms with Gasteiger partial charge in [-0.2, -0.15) is 15.0 Å². The maximum atomic E-state index is 13.7. The molecule has 4 amide bonds. The Hall–Kier alpha value is -4.79. The highest BCUT2D eigenvalue weighted by molar-refractivity contribution is 6.25. The molecule has 2 saturated heterocycles. The zero-order valence-corrected chi connectivity index (χ0v) is 26.2. The summed E-state index contributed by atoms with van der Waals surface area (Å²) in [5.74, 6) is -2.21. The van der Waals surface area contributed by atoms with Crippen molar-refractivity contribution in [3.05, 3.63) is 66.7 Å². The molecule has 2 fully saturated rings. The van der Waals surface area contributed by atoms with Crippen LogP contribution in [0.1, 0.15) is 55.4 Å². The van der Waals surface area contributed by atoms with Gasteiger partial charge in [-0.3, -0.25) is 19.2 Å².